The Labute approximate surface area is 130 Å². The topological polar surface area (TPSA) is 49.8 Å². The van der Waals surface area contributed by atoms with Crippen LogP contribution in [0.15, 0.2) is 47.4 Å². The second kappa shape index (κ2) is 4.64. The van der Waals surface area contributed by atoms with Gasteiger partial charge in [0, 0.05) is 12.8 Å². The van der Waals surface area contributed by atoms with Gasteiger partial charge in [0.25, 0.3) is 0 Å². The van der Waals surface area contributed by atoms with Gasteiger partial charge < -0.3 is 9.84 Å². The zero-order valence-corrected chi connectivity index (χ0v) is 12.3. The molecule has 0 bridgehead atoms. The normalized spacial score (nSPS) is 17.8. The standard InChI is InChI=1S/C16H12FNO3S/c17-11-5-3-4-10(15(19)20)14(11)18-16(8-9-16)21-12-6-1-2-7-13(12)22-18/h1-7H,8-9H2,(H,19,20). The van der Waals surface area contributed by atoms with Crippen LogP contribution in [0.25, 0.3) is 0 Å². The quantitative estimate of drug-likeness (QED) is 0.851. The molecular formula is C16H12FNO3S. The third-order valence-electron chi connectivity index (χ3n) is 3.81. The second-order valence-electron chi connectivity index (χ2n) is 5.32. The van der Waals surface area contributed by atoms with Gasteiger partial charge in [0.05, 0.1) is 10.5 Å². The number of ether oxygens (including phenoxy) is 1. The average Bonchev–Trinajstić information content (AvgIpc) is 3.26. The van der Waals surface area contributed by atoms with E-state index in [1.807, 2.05) is 24.3 Å². The Morgan fingerprint density at radius 3 is 2.73 bits per heavy atom. The van der Waals surface area contributed by atoms with E-state index in [4.69, 9.17) is 4.74 Å². The van der Waals surface area contributed by atoms with Gasteiger partial charge in [-0.15, -0.1) is 0 Å². The Hall–Kier alpha value is -2.21. The van der Waals surface area contributed by atoms with Gasteiger partial charge in [-0.25, -0.2) is 9.18 Å². The van der Waals surface area contributed by atoms with Crippen LogP contribution in [0.1, 0.15) is 23.2 Å². The molecule has 0 saturated heterocycles. The molecule has 2 aromatic rings. The fraction of sp³-hybridized carbons (Fsp3) is 0.188. The van der Waals surface area contributed by atoms with Gasteiger partial charge in [0.1, 0.15) is 17.3 Å². The van der Waals surface area contributed by atoms with Crippen molar-refractivity contribution in [2.45, 2.75) is 23.5 Å². The lowest BCUT2D eigenvalue weighted by molar-refractivity contribution is 0.0696. The third kappa shape index (κ3) is 1.94. The molecule has 1 saturated carbocycles. The highest BCUT2D eigenvalue weighted by atomic mass is 32.2. The molecule has 2 aliphatic rings. The Balaban J connectivity index is 1.86. The van der Waals surface area contributed by atoms with Crippen molar-refractivity contribution in [1.29, 1.82) is 0 Å². The van der Waals surface area contributed by atoms with Crippen molar-refractivity contribution in [3.05, 3.63) is 53.8 Å². The number of carbonyl (C=O) groups is 1. The highest BCUT2D eigenvalue weighted by molar-refractivity contribution is 8.00. The molecular weight excluding hydrogens is 305 g/mol. The monoisotopic (exact) mass is 317 g/mol. The molecule has 112 valence electrons. The van der Waals surface area contributed by atoms with Crippen molar-refractivity contribution in [2.24, 2.45) is 0 Å². The molecule has 0 unspecified atom stereocenters. The molecule has 0 aromatic heterocycles. The Morgan fingerprint density at radius 2 is 2.00 bits per heavy atom. The smallest absolute Gasteiger partial charge is 0.337 e. The number of carboxylic acids is 1. The summed E-state index contributed by atoms with van der Waals surface area (Å²) in [6.07, 6.45) is 1.48. The summed E-state index contributed by atoms with van der Waals surface area (Å²) >= 11 is 1.33. The minimum atomic E-state index is -1.15. The third-order valence-corrected chi connectivity index (χ3v) is 5.04. The first-order valence-corrected chi connectivity index (χ1v) is 7.66. The summed E-state index contributed by atoms with van der Waals surface area (Å²) < 4.78 is 22.1. The lowest BCUT2D eigenvalue weighted by atomic mass is 10.1. The Bertz CT molecular complexity index is 776. The van der Waals surface area contributed by atoms with Crippen LogP contribution in [0.5, 0.6) is 5.75 Å². The summed E-state index contributed by atoms with van der Waals surface area (Å²) in [7, 11) is 0. The molecule has 1 heterocycles. The van der Waals surface area contributed by atoms with Crippen molar-refractivity contribution in [3.63, 3.8) is 0 Å². The van der Waals surface area contributed by atoms with E-state index in [1.54, 1.807) is 4.31 Å². The predicted molar refractivity (Wildman–Crippen MR) is 80.7 cm³/mol. The number of hydrogen-bond acceptors (Lipinski definition) is 4. The summed E-state index contributed by atoms with van der Waals surface area (Å²) in [5, 5.41) is 9.36. The van der Waals surface area contributed by atoms with Crippen molar-refractivity contribution >= 4 is 23.6 Å². The first kappa shape index (κ1) is 13.5. The largest absolute Gasteiger partial charge is 0.478 e. The maximum Gasteiger partial charge on any atom is 0.337 e. The van der Waals surface area contributed by atoms with Gasteiger partial charge in [0.2, 0.25) is 0 Å². The average molecular weight is 317 g/mol. The fourth-order valence-electron chi connectivity index (χ4n) is 2.59. The van der Waals surface area contributed by atoms with Gasteiger partial charge in [-0.3, -0.25) is 4.31 Å². The van der Waals surface area contributed by atoms with E-state index in [0.29, 0.717) is 0 Å². The van der Waals surface area contributed by atoms with Crippen LogP contribution in [0, 0.1) is 5.82 Å². The van der Waals surface area contributed by atoms with Crippen LogP contribution in [0.4, 0.5) is 10.1 Å². The molecule has 0 radical (unpaired) electrons. The van der Waals surface area contributed by atoms with E-state index in [0.717, 1.165) is 23.5 Å². The van der Waals surface area contributed by atoms with Gasteiger partial charge in [0.15, 0.2) is 5.72 Å². The predicted octanol–water partition coefficient (Wildman–Crippen LogP) is 3.92. The molecule has 22 heavy (non-hydrogen) atoms. The number of halogens is 1. The lowest BCUT2D eigenvalue weighted by Gasteiger charge is -2.38. The minimum Gasteiger partial charge on any atom is -0.478 e. The maximum atomic E-state index is 14.4. The van der Waals surface area contributed by atoms with Gasteiger partial charge in [-0.1, -0.05) is 18.2 Å². The first-order chi connectivity index (χ1) is 10.6. The molecule has 4 rings (SSSR count). The van der Waals surface area contributed by atoms with E-state index in [-0.39, 0.29) is 11.3 Å². The van der Waals surface area contributed by atoms with Gasteiger partial charge in [-0.2, -0.15) is 0 Å². The highest BCUT2D eigenvalue weighted by Crippen LogP contribution is 2.56. The van der Waals surface area contributed by atoms with Gasteiger partial charge >= 0.3 is 5.97 Å². The van der Waals surface area contributed by atoms with E-state index in [9.17, 15) is 14.3 Å². The molecule has 6 heteroatoms. The molecule has 1 aliphatic carbocycles. The van der Waals surface area contributed by atoms with Gasteiger partial charge in [-0.05, 0) is 36.2 Å². The molecule has 4 nitrogen and oxygen atoms in total. The molecule has 0 atom stereocenters. The van der Waals surface area contributed by atoms with Crippen molar-refractivity contribution in [1.82, 2.24) is 0 Å². The number of benzene rings is 2. The minimum absolute atomic E-state index is 0.0539. The highest BCUT2D eigenvalue weighted by Gasteiger charge is 2.55. The summed E-state index contributed by atoms with van der Waals surface area (Å²) in [6, 6.07) is 11.6. The van der Waals surface area contributed by atoms with Crippen molar-refractivity contribution in [2.75, 3.05) is 4.31 Å². The number of hydrogen-bond donors (Lipinski definition) is 1. The number of anilines is 1. The van der Waals surface area contributed by atoms with Crippen molar-refractivity contribution < 1.29 is 19.0 Å². The SMILES string of the molecule is O=C(O)c1cccc(F)c1N1Sc2ccccc2OC12CC2. The Morgan fingerprint density at radius 1 is 1.23 bits per heavy atom. The number of fused-ring (bicyclic) bond motifs is 1. The van der Waals surface area contributed by atoms with E-state index in [1.165, 1.54) is 30.1 Å². The molecule has 1 fully saturated rings. The summed E-state index contributed by atoms with van der Waals surface area (Å²) in [4.78, 5) is 12.3. The zero-order chi connectivity index (χ0) is 15.3. The fourth-order valence-corrected chi connectivity index (χ4v) is 3.79. The lowest BCUT2D eigenvalue weighted by Crippen LogP contribution is -2.41. The number of aromatic carboxylic acids is 1. The maximum absolute atomic E-state index is 14.4. The van der Waals surface area contributed by atoms with E-state index < -0.39 is 17.5 Å². The van der Waals surface area contributed by atoms with Crippen LogP contribution in [0.2, 0.25) is 0 Å². The number of rotatable bonds is 2. The van der Waals surface area contributed by atoms with Crippen LogP contribution in [0.3, 0.4) is 0 Å². The second-order valence-corrected chi connectivity index (χ2v) is 6.31. The zero-order valence-electron chi connectivity index (χ0n) is 11.5. The Kier molecular flexibility index (Phi) is 2.84. The molecule has 1 N–H and O–H groups in total. The molecule has 1 aliphatic heterocycles. The van der Waals surface area contributed by atoms with Crippen LogP contribution in [-0.2, 0) is 0 Å². The first-order valence-electron chi connectivity index (χ1n) is 6.89. The molecule has 1 spiro atoms. The number of para-hydroxylation sites is 2. The molecule has 2 aromatic carbocycles. The van der Waals surface area contributed by atoms with Crippen LogP contribution < -0.4 is 9.04 Å². The van der Waals surface area contributed by atoms with E-state index >= 15 is 0 Å². The summed E-state index contributed by atoms with van der Waals surface area (Å²) in [6.45, 7) is 0. The van der Waals surface area contributed by atoms with Crippen molar-refractivity contribution in [3.8, 4) is 5.75 Å². The van der Waals surface area contributed by atoms with Crippen LogP contribution >= 0.6 is 11.9 Å². The number of nitrogens with zero attached hydrogens (tertiary/aromatic N) is 1. The summed E-state index contributed by atoms with van der Waals surface area (Å²) in [5.74, 6) is -0.944. The number of carboxylic acid groups (broad SMARTS) is 1. The van der Waals surface area contributed by atoms with E-state index in [2.05, 4.69) is 0 Å². The summed E-state index contributed by atoms with van der Waals surface area (Å²) in [5.41, 5.74) is -0.625. The molecule has 0 amide bonds. The van der Waals surface area contributed by atoms with Crippen LogP contribution in [-0.4, -0.2) is 16.8 Å².